The molecule has 8 heteroatoms. The van der Waals surface area contributed by atoms with Gasteiger partial charge in [0.25, 0.3) is 0 Å². The predicted molar refractivity (Wildman–Crippen MR) is 78.5 cm³/mol. The third-order valence-electron chi connectivity index (χ3n) is 3.14. The summed E-state index contributed by atoms with van der Waals surface area (Å²) in [6.45, 7) is 1.74. The second-order valence-corrected chi connectivity index (χ2v) is 4.63. The largest absolute Gasteiger partial charge is 0.312 e. The maximum atomic E-state index is 13.3. The fraction of sp³-hybridized carbons (Fsp3) is 0.143. The van der Waals surface area contributed by atoms with Crippen molar-refractivity contribution in [1.82, 2.24) is 19.5 Å². The Morgan fingerprint density at radius 3 is 2.59 bits per heavy atom. The van der Waals surface area contributed by atoms with Crippen LogP contribution in [0.2, 0.25) is 0 Å². The summed E-state index contributed by atoms with van der Waals surface area (Å²) in [4.78, 5) is 12.3. The molecule has 3 aromatic rings. The van der Waals surface area contributed by atoms with E-state index in [1.165, 1.54) is 0 Å². The van der Waals surface area contributed by atoms with Crippen LogP contribution in [0, 0.1) is 11.6 Å². The van der Waals surface area contributed by atoms with E-state index in [0.717, 1.165) is 12.1 Å². The number of rotatable bonds is 3. The number of hydrogen-bond acceptors (Lipinski definition) is 5. The molecule has 0 atom stereocenters. The van der Waals surface area contributed by atoms with Gasteiger partial charge in [0.15, 0.2) is 17.5 Å². The van der Waals surface area contributed by atoms with Gasteiger partial charge in [0.1, 0.15) is 5.71 Å². The molecule has 0 saturated carbocycles. The van der Waals surface area contributed by atoms with Crippen LogP contribution in [0.5, 0.6) is 0 Å². The van der Waals surface area contributed by atoms with Crippen molar-refractivity contribution in [2.24, 2.45) is 12.1 Å². The van der Waals surface area contributed by atoms with E-state index in [9.17, 15) is 8.78 Å². The summed E-state index contributed by atoms with van der Waals surface area (Å²) < 4.78 is 28.1. The lowest BCUT2D eigenvalue weighted by Gasteiger charge is -2.02. The van der Waals surface area contributed by atoms with Gasteiger partial charge in [-0.15, -0.1) is 0 Å². The molecule has 0 fully saturated rings. The van der Waals surface area contributed by atoms with Crippen molar-refractivity contribution >= 4 is 22.7 Å². The molecule has 0 spiro atoms. The number of benzene rings is 1. The molecular formula is C14H12F2N6. The summed E-state index contributed by atoms with van der Waals surface area (Å²) in [7, 11) is 1.68. The molecule has 2 aromatic heterocycles. The van der Waals surface area contributed by atoms with Crippen LogP contribution in [0.25, 0.3) is 11.0 Å². The third-order valence-corrected chi connectivity index (χ3v) is 3.14. The molecule has 1 aromatic carbocycles. The second-order valence-electron chi connectivity index (χ2n) is 4.63. The van der Waals surface area contributed by atoms with Gasteiger partial charge in [-0.05, 0) is 13.0 Å². The lowest BCUT2D eigenvalue weighted by molar-refractivity contribution is 0.510. The van der Waals surface area contributed by atoms with E-state index in [0.29, 0.717) is 28.5 Å². The van der Waals surface area contributed by atoms with Crippen molar-refractivity contribution < 1.29 is 8.78 Å². The summed E-state index contributed by atoms with van der Waals surface area (Å²) in [5.41, 5.74) is 4.12. The molecule has 0 aliphatic rings. The summed E-state index contributed by atoms with van der Waals surface area (Å²) in [6, 6.07) is 3.85. The average molecular weight is 302 g/mol. The maximum absolute atomic E-state index is 13.3. The lowest BCUT2D eigenvalue weighted by Crippen LogP contribution is -2.06. The molecule has 0 aliphatic carbocycles. The zero-order valence-corrected chi connectivity index (χ0v) is 11.9. The Morgan fingerprint density at radius 2 is 1.86 bits per heavy atom. The van der Waals surface area contributed by atoms with Crippen LogP contribution in [-0.4, -0.2) is 25.2 Å². The number of halogens is 2. The number of nitrogens with one attached hydrogen (secondary N) is 1. The highest BCUT2D eigenvalue weighted by Crippen LogP contribution is 2.21. The quantitative estimate of drug-likeness (QED) is 0.596. The number of fused-ring (bicyclic) bond motifs is 1. The van der Waals surface area contributed by atoms with Gasteiger partial charge in [-0.25, -0.2) is 29.2 Å². The number of nitrogens with zero attached hydrogens (tertiary/aromatic N) is 5. The molecule has 0 bridgehead atoms. The molecule has 6 nitrogen and oxygen atoms in total. The van der Waals surface area contributed by atoms with Gasteiger partial charge in [0, 0.05) is 31.6 Å². The SMILES string of the molecule is C/C(=N\Nc1nc2cc(F)c(F)cc2n1C)c1ncccn1. The van der Waals surface area contributed by atoms with E-state index in [1.54, 1.807) is 37.0 Å². The average Bonchev–Trinajstić information content (AvgIpc) is 2.82. The monoisotopic (exact) mass is 302 g/mol. The van der Waals surface area contributed by atoms with Crippen molar-refractivity contribution in [2.45, 2.75) is 6.92 Å². The Morgan fingerprint density at radius 1 is 1.18 bits per heavy atom. The number of aryl methyl sites for hydroxylation is 1. The van der Waals surface area contributed by atoms with Crippen LogP contribution in [0.4, 0.5) is 14.7 Å². The van der Waals surface area contributed by atoms with E-state index >= 15 is 0 Å². The molecule has 0 saturated heterocycles. The molecule has 1 N–H and O–H groups in total. The van der Waals surface area contributed by atoms with E-state index in [2.05, 4.69) is 25.5 Å². The Hall–Kier alpha value is -2.90. The highest BCUT2D eigenvalue weighted by Gasteiger charge is 2.12. The number of anilines is 1. The van der Waals surface area contributed by atoms with Gasteiger partial charge in [-0.2, -0.15) is 5.10 Å². The minimum absolute atomic E-state index is 0.340. The molecule has 0 amide bonds. The van der Waals surface area contributed by atoms with Gasteiger partial charge in [-0.3, -0.25) is 0 Å². The minimum Gasteiger partial charge on any atom is -0.312 e. The van der Waals surface area contributed by atoms with Crippen LogP contribution in [0.15, 0.2) is 35.7 Å². The standard InChI is InChI=1S/C14H12F2N6/c1-8(13-17-4-3-5-18-13)20-21-14-19-11-6-9(15)10(16)7-12(11)22(14)2/h3-7H,1-2H3,(H,19,21)/b20-8+. The first-order valence-corrected chi connectivity index (χ1v) is 6.45. The summed E-state index contributed by atoms with van der Waals surface area (Å²) >= 11 is 0. The third kappa shape index (κ3) is 2.50. The fourth-order valence-electron chi connectivity index (χ4n) is 1.96. The predicted octanol–water partition coefficient (Wildman–Crippen LogP) is 2.48. The Labute approximate surface area is 124 Å². The molecule has 0 radical (unpaired) electrons. The van der Waals surface area contributed by atoms with Crippen LogP contribution in [0.1, 0.15) is 12.7 Å². The zero-order chi connectivity index (χ0) is 15.7. The second kappa shape index (κ2) is 5.47. The van der Waals surface area contributed by atoms with Gasteiger partial charge in [0.2, 0.25) is 5.95 Å². The van der Waals surface area contributed by atoms with Crippen molar-refractivity contribution in [3.63, 3.8) is 0 Å². The maximum Gasteiger partial charge on any atom is 0.224 e. The van der Waals surface area contributed by atoms with Crippen LogP contribution in [-0.2, 0) is 7.05 Å². The normalized spacial score (nSPS) is 11.9. The summed E-state index contributed by atoms with van der Waals surface area (Å²) in [5, 5.41) is 4.14. The van der Waals surface area contributed by atoms with E-state index < -0.39 is 11.6 Å². The van der Waals surface area contributed by atoms with Crippen molar-refractivity contribution in [2.75, 3.05) is 5.43 Å². The van der Waals surface area contributed by atoms with Crippen LogP contribution >= 0.6 is 0 Å². The Bertz CT molecular complexity index is 857. The van der Waals surface area contributed by atoms with E-state index in [-0.39, 0.29) is 0 Å². The van der Waals surface area contributed by atoms with Gasteiger partial charge >= 0.3 is 0 Å². The summed E-state index contributed by atoms with van der Waals surface area (Å²) in [5.74, 6) is -1.02. The van der Waals surface area contributed by atoms with Crippen LogP contribution in [0.3, 0.4) is 0 Å². The minimum atomic E-state index is -0.936. The van der Waals surface area contributed by atoms with Gasteiger partial charge < -0.3 is 4.57 Å². The first-order chi connectivity index (χ1) is 10.6. The summed E-state index contributed by atoms with van der Waals surface area (Å²) in [6.07, 6.45) is 3.23. The zero-order valence-electron chi connectivity index (χ0n) is 11.9. The molecule has 0 unspecified atom stereocenters. The van der Waals surface area contributed by atoms with Crippen molar-refractivity contribution in [3.05, 3.63) is 48.1 Å². The molecule has 0 aliphatic heterocycles. The number of hydrogen-bond donors (Lipinski definition) is 1. The van der Waals surface area contributed by atoms with Gasteiger partial charge in [0.05, 0.1) is 11.0 Å². The Kier molecular flexibility index (Phi) is 3.50. The lowest BCUT2D eigenvalue weighted by atomic mass is 10.3. The van der Waals surface area contributed by atoms with Crippen molar-refractivity contribution in [3.8, 4) is 0 Å². The number of hydrazone groups is 1. The first kappa shape index (κ1) is 14.1. The number of imidazole rings is 1. The smallest absolute Gasteiger partial charge is 0.224 e. The van der Waals surface area contributed by atoms with Gasteiger partial charge in [-0.1, -0.05) is 0 Å². The van der Waals surface area contributed by atoms with E-state index in [1.807, 2.05) is 0 Å². The van der Waals surface area contributed by atoms with Crippen LogP contribution < -0.4 is 5.43 Å². The molecule has 2 heterocycles. The Balaban J connectivity index is 1.93. The first-order valence-electron chi connectivity index (χ1n) is 6.45. The number of aromatic nitrogens is 4. The molecule has 3 rings (SSSR count). The molecule has 22 heavy (non-hydrogen) atoms. The molecular weight excluding hydrogens is 290 g/mol. The molecule has 112 valence electrons. The van der Waals surface area contributed by atoms with E-state index in [4.69, 9.17) is 0 Å². The highest BCUT2D eigenvalue weighted by molar-refractivity contribution is 5.95. The topological polar surface area (TPSA) is 68.0 Å². The van der Waals surface area contributed by atoms with Crippen molar-refractivity contribution in [1.29, 1.82) is 0 Å². The fourth-order valence-corrected chi connectivity index (χ4v) is 1.96. The highest BCUT2D eigenvalue weighted by atomic mass is 19.2.